The number of pyridine rings is 2. The Bertz CT molecular complexity index is 2810. The molecular formula is C50H50ClF2N7O10. The first-order chi connectivity index (χ1) is 33.7. The molecule has 70 heavy (non-hydrogen) atoms. The Morgan fingerprint density at radius 1 is 0.843 bits per heavy atom. The smallest absolute Gasteiger partial charge is 0.479 e. The van der Waals surface area contributed by atoms with Crippen molar-refractivity contribution in [3.8, 4) is 39.6 Å². The first-order valence-electron chi connectivity index (χ1n) is 22.8. The molecule has 20 heteroatoms. The number of anilines is 2. The molecule has 5 aromatic rings. The fraction of sp³-hybridized carbons (Fsp3) is 0.360. The minimum absolute atomic E-state index is 0.0892. The number of alkyl halides is 2. The van der Waals surface area contributed by atoms with E-state index >= 15 is 0 Å². The Labute approximate surface area is 406 Å². The van der Waals surface area contributed by atoms with Crippen molar-refractivity contribution in [3.05, 3.63) is 112 Å². The highest BCUT2D eigenvalue weighted by Crippen LogP contribution is 2.52. The summed E-state index contributed by atoms with van der Waals surface area (Å²) in [4.78, 5) is 65.1. The lowest BCUT2D eigenvalue weighted by molar-refractivity contribution is -0.286. The summed E-state index contributed by atoms with van der Waals surface area (Å²) in [6.07, 6.45) is -1.41. The fourth-order valence-corrected chi connectivity index (χ4v) is 8.90. The molecule has 0 radical (unpaired) electrons. The monoisotopic (exact) mass is 981 g/mol. The first kappa shape index (κ1) is 48.1. The van der Waals surface area contributed by atoms with E-state index < -0.39 is 17.8 Å². The van der Waals surface area contributed by atoms with E-state index in [1.807, 2.05) is 31.2 Å². The second kappa shape index (κ2) is 20.6. The number of nitrogen functional groups attached to an aromatic ring is 1. The van der Waals surface area contributed by atoms with Gasteiger partial charge in [0.2, 0.25) is 11.8 Å². The maximum absolute atomic E-state index is 13.6. The van der Waals surface area contributed by atoms with Gasteiger partial charge in [0, 0.05) is 72.6 Å². The van der Waals surface area contributed by atoms with Gasteiger partial charge in [0.15, 0.2) is 17.6 Å². The molecule has 2 fully saturated rings. The van der Waals surface area contributed by atoms with Crippen LogP contribution in [0.5, 0.6) is 17.2 Å². The normalized spacial score (nSPS) is 17.1. The van der Waals surface area contributed by atoms with E-state index in [2.05, 4.69) is 25.1 Å². The summed E-state index contributed by atoms with van der Waals surface area (Å²) in [6, 6.07) is 22.0. The molecule has 1 saturated heterocycles. The van der Waals surface area contributed by atoms with Gasteiger partial charge in [-0.2, -0.15) is 0 Å². The molecule has 366 valence electrons. The van der Waals surface area contributed by atoms with E-state index in [1.165, 1.54) is 12.1 Å². The molecule has 1 saturated carbocycles. The molecule has 2 aromatic heterocycles. The zero-order valence-corrected chi connectivity index (χ0v) is 38.9. The predicted octanol–water partition coefficient (Wildman–Crippen LogP) is 5.80. The van der Waals surface area contributed by atoms with Crippen LogP contribution in [0, 0.1) is 6.92 Å². The van der Waals surface area contributed by atoms with Gasteiger partial charge in [-0.15, -0.1) is 8.78 Å². The number of nitrogens with one attached hydrogen (secondary N) is 2. The maximum Gasteiger partial charge on any atom is 0.586 e. The van der Waals surface area contributed by atoms with Crippen molar-refractivity contribution in [2.45, 2.75) is 44.0 Å². The summed E-state index contributed by atoms with van der Waals surface area (Å²) < 4.78 is 59.2. The molecule has 17 nitrogen and oxygen atoms in total. The van der Waals surface area contributed by atoms with Crippen molar-refractivity contribution in [1.29, 1.82) is 0 Å². The minimum atomic E-state index is -3.76. The second-order valence-electron chi connectivity index (χ2n) is 17.3. The van der Waals surface area contributed by atoms with E-state index in [-0.39, 0.29) is 74.7 Å². The number of ether oxygens (including phenoxy) is 6. The predicted molar refractivity (Wildman–Crippen MR) is 252 cm³/mol. The van der Waals surface area contributed by atoms with Gasteiger partial charge in [-0.1, -0.05) is 35.9 Å². The van der Waals surface area contributed by atoms with E-state index in [9.17, 15) is 28.0 Å². The van der Waals surface area contributed by atoms with Gasteiger partial charge < -0.3 is 54.6 Å². The van der Waals surface area contributed by atoms with Crippen LogP contribution in [-0.2, 0) is 40.4 Å². The van der Waals surface area contributed by atoms with Crippen LogP contribution in [0.15, 0.2) is 85.1 Å². The van der Waals surface area contributed by atoms with Crippen molar-refractivity contribution in [2.75, 3.05) is 83.4 Å². The summed E-state index contributed by atoms with van der Waals surface area (Å²) in [5, 5.41) is 6.27. The largest absolute Gasteiger partial charge is 0.586 e. The van der Waals surface area contributed by atoms with E-state index in [0.29, 0.717) is 96.8 Å². The Hall–Kier alpha value is -6.93. The number of fused-ring (bicyclic) bond motifs is 2. The molecule has 4 N–H and O–H groups in total. The number of aryl methyl sites for hydroxylation is 1. The Morgan fingerprint density at radius 3 is 2.36 bits per heavy atom. The quantitative estimate of drug-likeness (QED) is 0.0890. The summed E-state index contributed by atoms with van der Waals surface area (Å²) in [5.74, 6) is 0.122. The number of halogens is 3. The summed E-state index contributed by atoms with van der Waals surface area (Å²) >= 11 is 6.42. The standard InChI is InChI=1S/C50H50ClF2N7O10/c1-30-5-8-42(58-48(64)49(10-11-49)35-6-7-38-39(27-35)70-50(52,53)69-38)57-44(30)32-3-2-4-33(23-32)46(62)56-13-18-65-19-20-66-21-22-67-29-43(61)59-14-16-60(17-15-59)47(63)40-25-34-24-36(51)28-37(45(34)68-40)31-9-12-55-41(54)26-31/h2-9,12,23-24,26-28,40H,10-11,13-22,25,29H2,1H3,(H2,54,55)(H,56,62)(H,57,58,64). The van der Waals surface area contributed by atoms with Crippen molar-refractivity contribution >= 4 is 46.9 Å². The maximum atomic E-state index is 13.6. The number of hydrogen-bond acceptors (Lipinski definition) is 13. The summed E-state index contributed by atoms with van der Waals surface area (Å²) in [7, 11) is 0. The van der Waals surface area contributed by atoms with Gasteiger partial charge in [0.1, 0.15) is 24.0 Å². The van der Waals surface area contributed by atoms with Crippen LogP contribution in [0.3, 0.4) is 0 Å². The van der Waals surface area contributed by atoms with E-state index in [1.54, 1.807) is 58.5 Å². The van der Waals surface area contributed by atoms with Gasteiger partial charge in [-0.25, -0.2) is 9.97 Å². The summed E-state index contributed by atoms with van der Waals surface area (Å²) in [5.41, 5.74) is 10.4. The van der Waals surface area contributed by atoms with E-state index in [0.717, 1.165) is 22.3 Å². The molecule has 5 heterocycles. The number of benzene rings is 3. The van der Waals surface area contributed by atoms with Crippen LogP contribution >= 0.6 is 11.6 Å². The number of hydrogen-bond donors (Lipinski definition) is 3. The molecule has 9 rings (SSSR count). The lowest BCUT2D eigenvalue weighted by Gasteiger charge is -2.35. The van der Waals surface area contributed by atoms with Crippen LogP contribution < -0.4 is 30.6 Å². The first-order valence-corrected chi connectivity index (χ1v) is 23.2. The SMILES string of the molecule is Cc1ccc(NC(=O)C2(c3ccc4c(c3)OC(F)(F)O4)CC2)nc1-c1cccc(C(=O)NCCOCCOCCOCC(=O)N2CCN(C(=O)C3Cc4cc(Cl)cc(-c5ccnc(N)c5)c4O3)CC2)c1. The molecule has 0 bridgehead atoms. The van der Waals surface area contributed by atoms with Crippen molar-refractivity contribution < 1.29 is 56.4 Å². The third-order valence-corrected chi connectivity index (χ3v) is 12.7. The molecule has 4 aliphatic rings. The lowest BCUT2D eigenvalue weighted by Crippen LogP contribution is -2.54. The fourth-order valence-electron chi connectivity index (χ4n) is 8.65. The average Bonchev–Trinajstić information content (AvgIpc) is 3.96. The van der Waals surface area contributed by atoms with Gasteiger partial charge in [-0.3, -0.25) is 19.2 Å². The number of nitrogens with zero attached hydrogens (tertiary/aromatic N) is 4. The van der Waals surface area contributed by atoms with Crippen LogP contribution in [0.25, 0.3) is 22.4 Å². The topological polar surface area (TPSA) is 206 Å². The Balaban J connectivity index is 0.635. The van der Waals surface area contributed by atoms with Crippen molar-refractivity contribution in [1.82, 2.24) is 25.1 Å². The molecule has 1 unspecified atom stereocenters. The molecule has 1 aliphatic carbocycles. The zero-order chi connectivity index (χ0) is 49.0. The number of rotatable bonds is 18. The van der Waals surface area contributed by atoms with Crippen LogP contribution in [0.1, 0.15) is 39.9 Å². The average molecular weight is 982 g/mol. The van der Waals surface area contributed by atoms with Crippen molar-refractivity contribution in [2.24, 2.45) is 0 Å². The van der Waals surface area contributed by atoms with Crippen LogP contribution in [0.4, 0.5) is 20.4 Å². The zero-order valence-electron chi connectivity index (χ0n) is 38.1. The number of carbonyl (C=O) groups excluding carboxylic acids is 4. The number of piperazine rings is 1. The number of carbonyl (C=O) groups is 4. The Kier molecular flexibility index (Phi) is 14.1. The minimum Gasteiger partial charge on any atom is -0.479 e. The van der Waals surface area contributed by atoms with Gasteiger partial charge in [0.25, 0.3) is 11.8 Å². The number of aromatic nitrogens is 2. The lowest BCUT2D eigenvalue weighted by atomic mass is 9.94. The van der Waals surface area contributed by atoms with Gasteiger partial charge >= 0.3 is 6.29 Å². The van der Waals surface area contributed by atoms with E-state index in [4.69, 9.17) is 41.3 Å². The molecule has 0 spiro atoms. The number of amides is 4. The highest BCUT2D eigenvalue weighted by molar-refractivity contribution is 6.31. The third kappa shape index (κ3) is 10.9. The second-order valence-corrected chi connectivity index (χ2v) is 17.7. The molecule has 3 aliphatic heterocycles. The van der Waals surface area contributed by atoms with Crippen LogP contribution in [0.2, 0.25) is 5.02 Å². The van der Waals surface area contributed by atoms with Gasteiger partial charge in [0.05, 0.1) is 44.1 Å². The van der Waals surface area contributed by atoms with Crippen molar-refractivity contribution in [3.63, 3.8) is 0 Å². The van der Waals surface area contributed by atoms with Gasteiger partial charge in [-0.05, 0) is 91.1 Å². The summed E-state index contributed by atoms with van der Waals surface area (Å²) in [6.45, 7) is 4.82. The molecule has 4 amide bonds. The highest BCUT2D eigenvalue weighted by Gasteiger charge is 2.53. The molecule has 3 aromatic carbocycles. The molecular weight excluding hydrogens is 932 g/mol. The number of nitrogens with two attached hydrogens (primary N) is 1. The highest BCUT2D eigenvalue weighted by atomic mass is 35.5. The molecule has 1 atom stereocenters. The third-order valence-electron chi connectivity index (χ3n) is 12.5. The Morgan fingerprint density at radius 2 is 1.59 bits per heavy atom. The van der Waals surface area contributed by atoms with Crippen LogP contribution in [-0.4, -0.2) is 128 Å².